The number of aliphatic hydroxyl groups excluding tert-OH is 1. The average Bonchev–Trinajstić information content (AvgIpc) is 2.17. The van der Waals surface area contributed by atoms with Crippen molar-refractivity contribution in [2.24, 2.45) is 0 Å². The number of carboxylic acids is 1. The van der Waals surface area contributed by atoms with Gasteiger partial charge in [0.2, 0.25) is 0 Å². The molecule has 0 aliphatic carbocycles. The number of hydrogen-bond acceptors (Lipinski definition) is 2. The van der Waals surface area contributed by atoms with Gasteiger partial charge >= 0.3 is 5.97 Å². The Morgan fingerprint density at radius 1 is 1.40 bits per heavy atom. The average molecular weight is 224 g/mol. The number of thiocarbonyl (C=S) groups is 1. The van der Waals surface area contributed by atoms with E-state index in [4.69, 9.17) is 5.11 Å². The summed E-state index contributed by atoms with van der Waals surface area (Å²) < 4.78 is 0. The molecular weight excluding hydrogens is 212 g/mol. The summed E-state index contributed by atoms with van der Waals surface area (Å²) in [6.45, 7) is 1.93. The van der Waals surface area contributed by atoms with E-state index in [1.165, 1.54) is 0 Å². The van der Waals surface area contributed by atoms with Crippen molar-refractivity contribution >= 4 is 23.2 Å². The summed E-state index contributed by atoms with van der Waals surface area (Å²) >= 11 is 4.56. The second-order valence-corrected chi connectivity index (χ2v) is 3.58. The molecule has 0 aliphatic heterocycles. The minimum atomic E-state index is -1.12. The molecule has 1 aromatic carbocycles. The van der Waals surface area contributed by atoms with Gasteiger partial charge < -0.3 is 10.2 Å². The molecule has 0 radical (unpaired) electrons. The van der Waals surface area contributed by atoms with Crippen LogP contribution in [0, 0.1) is 0 Å². The fraction of sp³-hybridized carbons (Fsp3) is 0.273. The molecule has 0 spiro atoms. The number of carboxylic acid groups (broad SMARTS) is 1. The molecule has 3 nitrogen and oxygen atoms in total. The monoisotopic (exact) mass is 224 g/mol. The Morgan fingerprint density at radius 2 is 2.00 bits per heavy atom. The van der Waals surface area contributed by atoms with Crippen molar-refractivity contribution in [1.82, 2.24) is 0 Å². The molecule has 4 heteroatoms. The van der Waals surface area contributed by atoms with Crippen LogP contribution in [0.4, 0.5) is 0 Å². The first-order valence-electron chi connectivity index (χ1n) is 4.61. The number of aliphatic hydroxyl groups is 1. The van der Waals surface area contributed by atoms with Gasteiger partial charge in [0.1, 0.15) is 5.92 Å². The molecule has 80 valence electrons. The van der Waals surface area contributed by atoms with Crippen molar-refractivity contribution in [3.05, 3.63) is 35.4 Å². The number of benzene rings is 1. The first kappa shape index (κ1) is 11.7. The summed E-state index contributed by atoms with van der Waals surface area (Å²) in [5.74, 6) is -2.22. The molecular formula is C11H12O3S. The minimum Gasteiger partial charge on any atom is -0.501 e. The number of aryl methyl sites for hydroxylation is 1. The van der Waals surface area contributed by atoms with Crippen molar-refractivity contribution in [1.29, 1.82) is 0 Å². The van der Waals surface area contributed by atoms with E-state index in [9.17, 15) is 9.90 Å². The van der Waals surface area contributed by atoms with Crippen LogP contribution in [-0.2, 0) is 11.2 Å². The first-order chi connectivity index (χ1) is 7.07. The highest BCUT2D eigenvalue weighted by Crippen LogP contribution is 2.22. The topological polar surface area (TPSA) is 57.5 Å². The van der Waals surface area contributed by atoms with E-state index in [0.29, 0.717) is 12.0 Å². The molecule has 1 unspecified atom stereocenters. The number of carbonyl (C=O) groups is 1. The van der Waals surface area contributed by atoms with Gasteiger partial charge in [-0.05, 0) is 29.8 Å². The maximum atomic E-state index is 11.0. The highest BCUT2D eigenvalue weighted by molar-refractivity contribution is 7.80. The second-order valence-electron chi connectivity index (χ2n) is 3.16. The van der Waals surface area contributed by atoms with Gasteiger partial charge in [0, 0.05) is 0 Å². The third-order valence-corrected chi connectivity index (χ3v) is 2.48. The summed E-state index contributed by atoms with van der Waals surface area (Å²) in [7, 11) is 0. The molecule has 1 rings (SSSR count). The maximum Gasteiger partial charge on any atom is 0.319 e. The molecule has 15 heavy (non-hydrogen) atoms. The van der Waals surface area contributed by atoms with Crippen molar-refractivity contribution < 1.29 is 15.0 Å². The van der Waals surface area contributed by atoms with Crippen molar-refractivity contribution in [3.8, 4) is 0 Å². The van der Waals surface area contributed by atoms with E-state index in [1.54, 1.807) is 12.1 Å². The van der Waals surface area contributed by atoms with Gasteiger partial charge in [-0.2, -0.15) is 0 Å². The van der Waals surface area contributed by atoms with Gasteiger partial charge in [0.05, 0.1) is 0 Å². The van der Waals surface area contributed by atoms with E-state index in [-0.39, 0.29) is 0 Å². The fourth-order valence-corrected chi connectivity index (χ4v) is 1.74. The van der Waals surface area contributed by atoms with Crippen molar-refractivity contribution in [2.45, 2.75) is 19.3 Å². The standard InChI is InChI=1S/C11H12O3S/c1-2-7-5-3-4-6-8(7)9(10(12)13)11(14)15/h3-6,9H,2H2,1H3,(H,12,13)(H,14,15). The van der Waals surface area contributed by atoms with Crippen LogP contribution in [0.2, 0.25) is 0 Å². The van der Waals surface area contributed by atoms with Crippen molar-refractivity contribution in [3.63, 3.8) is 0 Å². The lowest BCUT2D eigenvalue weighted by atomic mass is 9.93. The van der Waals surface area contributed by atoms with Crippen LogP contribution in [0.5, 0.6) is 0 Å². The summed E-state index contributed by atoms with van der Waals surface area (Å²) in [4.78, 5) is 11.0. The van der Waals surface area contributed by atoms with Gasteiger partial charge in [0.25, 0.3) is 0 Å². The van der Waals surface area contributed by atoms with Gasteiger partial charge in [-0.3, -0.25) is 4.79 Å². The molecule has 0 amide bonds. The summed E-state index contributed by atoms with van der Waals surface area (Å²) in [5, 5.41) is 17.7. The Hall–Kier alpha value is -1.42. The maximum absolute atomic E-state index is 11.0. The Morgan fingerprint density at radius 3 is 2.47 bits per heavy atom. The molecule has 0 aliphatic rings. The number of hydrogen-bond donors (Lipinski definition) is 2. The molecule has 0 bridgehead atoms. The largest absolute Gasteiger partial charge is 0.501 e. The zero-order valence-corrected chi connectivity index (χ0v) is 9.12. The normalized spacial score (nSPS) is 12.1. The van der Waals surface area contributed by atoms with E-state index in [2.05, 4.69) is 12.2 Å². The quantitative estimate of drug-likeness (QED) is 0.770. The third-order valence-electron chi connectivity index (χ3n) is 2.24. The van der Waals surface area contributed by atoms with Crippen LogP contribution in [0.25, 0.3) is 0 Å². The highest BCUT2D eigenvalue weighted by Gasteiger charge is 2.26. The van der Waals surface area contributed by atoms with Crippen molar-refractivity contribution in [2.75, 3.05) is 0 Å². The Bertz CT molecular complexity index is 373. The lowest BCUT2D eigenvalue weighted by molar-refractivity contribution is -0.137. The summed E-state index contributed by atoms with van der Waals surface area (Å²) in [6, 6.07) is 7.09. The van der Waals surface area contributed by atoms with Gasteiger partial charge in [-0.15, -0.1) is 0 Å². The summed E-state index contributed by atoms with van der Waals surface area (Å²) in [5.41, 5.74) is 1.46. The predicted molar refractivity (Wildman–Crippen MR) is 61.4 cm³/mol. The minimum absolute atomic E-state index is 0.497. The van der Waals surface area contributed by atoms with E-state index in [0.717, 1.165) is 5.56 Å². The number of rotatable bonds is 4. The van der Waals surface area contributed by atoms with Crippen LogP contribution in [0.3, 0.4) is 0 Å². The van der Waals surface area contributed by atoms with Crippen LogP contribution in [-0.4, -0.2) is 21.2 Å². The summed E-state index contributed by atoms with van der Waals surface area (Å²) in [6.07, 6.45) is 0.711. The van der Waals surface area contributed by atoms with Gasteiger partial charge in [-0.25, -0.2) is 0 Å². The van der Waals surface area contributed by atoms with Crippen LogP contribution >= 0.6 is 12.2 Å². The Kier molecular flexibility index (Phi) is 3.80. The number of aliphatic carboxylic acids is 1. The molecule has 1 atom stereocenters. The zero-order valence-electron chi connectivity index (χ0n) is 8.30. The van der Waals surface area contributed by atoms with Gasteiger partial charge in [-0.1, -0.05) is 31.2 Å². The predicted octanol–water partition coefficient (Wildman–Crippen LogP) is 2.30. The zero-order chi connectivity index (χ0) is 11.4. The van der Waals surface area contributed by atoms with E-state index in [1.807, 2.05) is 19.1 Å². The third kappa shape index (κ3) is 2.53. The molecule has 0 saturated heterocycles. The van der Waals surface area contributed by atoms with E-state index < -0.39 is 16.9 Å². The molecule has 0 heterocycles. The lowest BCUT2D eigenvalue weighted by Crippen LogP contribution is -2.20. The Labute approximate surface area is 93.4 Å². The lowest BCUT2D eigenvalue weighted by Gasteiger charge is -2.13. The molecule has 2 N–H and O–H groups in total. The van der Waals surface area contributed by atoms with Gasteiger partial charge in [0.15, 0.2) is 5.05 Å². The fourth-order valence-electron chi connectivity index (χ4n) is 1.51. The molecule has 0 aromatic heterocycles. The molecule has 0 fully saturated rings. The van der Waals surface area contributed by atoms with Crippen LogP contribution in [0.1, 0.15) is 24.0 Å². The van der Waals surface area contributed by atoms with Crippen LogP contribution in [0.15, 0.2) is 24.3 Å². The smallest absolute Gasteiger partial charge is 0.319 e. The first-order valence-corrected chi connectivity index (χ1v) is 5.02. The highest BCUT2D eigenvalue weighted by atomic mass is 32.1. The molecule has 1 aromatic rings. The second kappa shape index (κ2) is 4.89. The Balaban J connectivity index is 3.22. The van der Waals surface area contributed by atoms with E-state index >= 15 is 0 Å². The SMILES string of the molecule is CCc1ccccc1C(C(=O)O)C(O)=S. The molecule has 0 saturated carbocycles. The van der Waals surface area contributed by atoms with Crippen LogP contribution < -0.4 is 0 Å².